The maximum atomic E-state index is 2.49. The SMILES string of the molecule is CC(C)(C)C1=CC([Se]c2ccccc2)=C(C(C)(C)C)C1. The molecule has 0 saturated heterocycles. The van der Waals surface area contributed by atoms with Gasteiger partial charge in [0.25, 0.3) is 0 Å². The molecule has 1 heteroatoms. The Morgan fingerprint density at radius 1 is 0.850 bits per heavy atom. The van der Waals surface area contributed by atoms with Crippen molar-refractivity contribution < 1.29 is 0 Å². The van der Waals surface area contributed by atoms with E-state index in [1.54, 1.807) is 15.6 Å². The second-order valence-corrected chi connectivity index (χ2v) is 9.94. The fraction of sp³-hybridized carbons (Fsp3) is 0.474. The summed E-state index contributed by atoms with van der Waals surface area (Å²) in [6, 6.07) is 10.9. The Morgan fingerprint density at radius 3 is 1.95 bits per heavy atom. The van der Waals surface area contributed by atoms with Crippen LogP contribution in [0.5, 0.6) is 0 Å². The van der Waals surface area contributed by atoms with Crippen molar-refractivity contribution in [3.05, 3.63) is 52.0 Å². The van der Waals surface area contributed by atoms with Gasteiger partial charge in [0.15, 0.2) is 0 Å². The van der Waals surface area contributed by atoms with Crippen molar-refractivity contribution in [3.8, 4) is 0 Å². The molecule has 20 heavy (non-hydrogen) atoms. The fourth-order valence-electron chi connectivity index (χ4n) is 2.40. The summed E-state index contributed by atoms with van der Waals surface area (Å²) in [5.74, 6) is 0. The molecule has 1 aromatic carbocycles. The second-order valence-electron chi connectivity index (χ2n) is 7.60. The Labute approximate surface area is 130 Å². The molecule has 0 bridgehead atoms. The number of benzene rings is 1. The first kappa shape index (κ1) is 15.6. The fourth-order valence-corrected chi connectivity index (χ4v) is 5.02. The molecule has 0 nitrogen and oxygen atoms in total. The van der Waals surface area contributed by atoms with Crippen LogP contribution in [0, 0.1) is 10.8 Å². The van der Waals surface area contributed by atoms with Crippen LogP contribution in [0.3, 0.4) is 0 Å². The molecule has 0 radical (unpaired) electrons. The summed E-state index contributed by atoms with van der Waals surface area (Å²) in [6.45, 7) is 14.0. The van der Waals surface area contributed by atoms with Gasteiger partial charge in [0.2, 0.25) is 0 Å². The molecule has 0 N–H and O–H groups in total. The summed E-state index contributed by atoms with van der Waals surface area (Å²) in [4.78, 5) is 0. The molecular formula is C19H26Se. The van der Waals surface area contributed by atoms with Crippen LogP contribution in [0.15, 0.2) is 52.0 Å². The number of allylic oxidation sites excluding steroid dienone is 4. The third-order valence-electron chi connectivity index (χ3n) is 3.81. The van der Waals surface area contributed by atoms with Crippen LogP contribution in [0.1, 0.15) is 48.0 Å². The summed E-state index contributed by atoms with van der Waals surface area (Å²) >= 11 is 0.427. The molecule has 0 atom stereocenters. The normalized spacial score (nSPS) is 16.6. The number of hydrogen-bond donors (Lipinski definition) is 0. The van der Waals surface area contributed by atoms with Gasteiger partial charge < -0.3 is 0 Å². The van der Waals surface area contributed by atoms with Gasteiger partial charge in [0, 0.05) is 0 Å². The zero-order valence-corrected chi connectivity index (χ0v) is 15.3. The minimum absolute atomic E-state index is 0.273. The predicted octanol–water partition coefficient (Wildman–Crippen LogP) is 4.69. The second kappa shape index (κ2) is 5.54. The Bertz CT molecular complexity index is 533. The Hall–Kier alpha value is -0.781. The summed E-state index contributed by atoms with van der Waals surface area (Å²) < 4.78 is 3.07. The third-order valence-corrected chi connectivity index (χ3v) is 6.10. The summed E-state index contributed by atoms with van der Waals surface area (Å²) in [7, 11) is 0. The Morgan fingerprint density at radius 2 is 1.45 bits per heavy atom. The van der Waals surface area contributed by atoms with Gasteiger partial charge in [-0.05, 0) is 0 Å². The van der Waals surface area contributed by atoms with Crippen molar-refractivity contribution in [1.82, 2.24) is 0 Å². The van der Waals surface area contributed by atoms with Crippen molar-refractivity contribution >= 4 is 19.4 Å². The molecule has 0 amide bonds. The molecule has 1 aromatic rings. The third kappa shape index (κ3) is 3.65. The standard InChI is InChI=1S/C19H26Se/c1-18(2,3)14-12-16(19(4,5)6)17(13-14)20-15-10-8-7-9-11-15/h7-11,13H,12H2,1-6H3. The summed E-state index contributed by atoms with van der Waals surface area (Å²) in [5, 5.41) is 0. The summed E-state index contributed by atoms with van der Waals surface area (Å²) in [5.41, 5.74) is 3.79. The van der Waals surface area contributed by atoms with Gasteiger partial charge in [-0.1, -0.05) is 0 Å². The van der Waals surface area contributed by atoms with E-state index >= 15 is 0 Å². The molecule has 0 aliphatic heterocycles. The van der Waals surface area contributed by atoms with Crippen LogP contribution in [0.25, 0.3) is 0 Å². The van der Waals surface area contributed by atoms with E-state index in [9.17, 15) is 0 Å². The van der Waals surface area contributed by atoms with E-state index in [1.807, 2.05) is 0 Å². The first-order valence-corrected chi connectivity index (χ1v) is 9.07. The molecule has 0 saturated carbocycles. The molecule has 0 aromatic heterocycles. The van der Waals surface area contributed by atoms with Gasteiger partial charge in [-0.2, -0.15) is 0 Å². The van der Waals surface area contributed by atoms with Gasteiger partial charge in [0.05, 0.1) is 0 Å². The molecular weight excluding hydrogens is 307 g/mol. The predicted molar refractivity (Wildman–Crippen MR) is 90.5 cm³/mol. The van der Waals surface area contributed by atoms with Crippen LogP contribution < -0.4 is 4.46 Å². The first-order valence-electron chi connectivity index (χ1n) is 7.35. The molecule has 1 aliphatic carbocycles. The monoisotopic (exact) mass is 334 g/mol. The van der Waals surface area contributed by atoms with Gasteiger partial charge in [-0.25, -0.2) is 0 Å². The quantitative estimate of drug-likeness (QED) is 0.689. The van der Waals surface area contributed by atoms with Gasteiger partial charge in [0.1, 0.15) is 0 Å². The average molecular weight is 333 g/mol. The van der Waals surface area contributed by atoms with Crippen molar-refractivity contribution in [2.45, 2.75) is 48.0 Å². The van der Waals surface area contributed by atoms with Gasteiger partial charge in [-0.15, -0.1) is 0 Å². The van der Waals surface area contributed by atoms with Crippen LogP contribution in [-0.4, -0.2) is 15.0 Å². The van der Waals surface area contributed by atoms with Crippen LogP contribution in [-0.2, 0) is 0 Å². The zero-order valence-electron chi connectivity index (χ0n) is 13.6. The molecule has 0 spiro atoms. The van der Waals surface area contributed by atoms with E-state index in [0.29, 0.717) is 15.0 Å². The summed E-state index contributed by atoms with van der Waals surface area (Å²) in [6.07, 6.45) is 3.66. The number of rotatable bonds is 2. The molecule has 1 aliphatic rings. The van der Waals surface area contributed by atoms with Gasteiger partial charge in [-0.3, -0.25) is 0 Å². The van der Waals surface area contributed by atoms with E-state index < -0.39 is 0 Å². The maximum absolute atomic E-state index is 2.49. The van der Waals surface area contributed by atoms with Crippen molar-refractivity contribution in [1.29, 1.82) is 0 Å². The molecule has 2 rings (SSSR count). The Balaban J connectivity index is 2.34. The van der Waals surface area contributed by atoms with E-state index in [2.05, 4.69) is 78.0 Å². The molecule has 0 fully saturated rings. The van der Waals surface area contributed by atoms with Crippen molar-refractivity contribution in [2.24, 2.45) is 10.8 Å². The Kier molecular flexibility index (Phi) is 4.32. The minimum atomic E-state index is 0.273. The van der Waals surface area contributed by atoms with Crippen molar-refractivity contribution in [2.75, 3.05) is 0 Å². The first-order chi connectivity index (χ1) is 9.18. The van der Waals surface area contributed by atoms with Gasteiger partial charge >= 0.3 is 130 Å². The van der Waals surface area contributed by atoms with E-state index in [1.165, 1.54) is 4.46 Å². The topological polar surface area (TPSA) is 0 Å². The molecule has 108 valence electrons. The zero-order chi connectivity index (χ0) is 15.0. The van der Waals surface area contributed by atoms with Crippen LogP contribution in [0.2, 0.25) is 0 Å². The average Bonchev–Trinajstić information content (AvgIpc) is 2.74. The van der Waals surface area contributed by atoms with E-state index in [-0.39, 0.29) is 10.8 Å². The molecule has 0 heterocycles. The van der Waals surface area contributed by atoms with E-state index in [0.717, 1.165) is 6.42 Å². The molecule has 0 unspecified atom stereocenters. The van der Waals surface area contributed by atoms with Crippen LogP contribution in [0.4, 0.5) is 0 Å². The van der Waals surface area contributed by atoms with Crippen LogP contribution >= 0.6 is 0 Å². The van der Waals surface area contributed by atoms with Crippen molar-refractivity contribution in [3.63, 3.8) is 0 Å². The van der Waals surface area contributed by atoms with E-state index in [4.69, 9.17) is 0 Å². The number of hydrogen-bond acceptors (Lipinski definition) is 0.